The smallest absolute Gasteiger partial charge is 0.322 e. The summed E-state index contributed by atoms with van der Waals surface area (Å²) in [6.07, 6.45) is 6.83. The molecule has 2 aromatic heterocycles. The largest absolute Gasteiger partial charge is 0.497 e. The van der Waals surface area contributed by atoms with Crippen molar-refractivity contribution in [3.63, 3.8) is 0 Å². The molecule has 3 heterocycles. The van der Waals surface area contributed by atoms with Crippen LogP contribution in [0.4, 0.5) is 16.2 Å². The number of amides is 2. The Morgan fingerprint density at radius 2 is 1.84 bits per heavy atom. The topological polar surface area (TPSA) is 49.7 Å². The second-order valence-corrected chi connectivity index (χ2v) is 11.1. The standard InChI is InChI=1S/C30H32N4O2S/c1-32(2)22-15-13-20(14-16-22)28-26-11-7-17-33(26)29-25(24-10-4-5-12-27(24)37-29)19-34(28)30(35)31-21-8-6-9-23(18-21)36-3/h6-9,11,13-18,28H,4-5,10,12,19H2,1-3H3,(H,31,35). The lowest BCUT2D eigenvalue weighted by atomic mass is 9.95. The molecule has 1 atom stereocenters. The van der Waals surface area contributed by atoms with Gasteiger partial charge in [0.05, 0.1) is 25.4 Å². The van der Waals surface area contributed by atoms with Crippen LogP contribution < -0.4 is 15.0 Å². The summed E-state index contributed by atoms with van der Waals surface area (Å²) in [5.41, 5.74) is 6.80. The molecule has 2 aliphatic rings. The van der Waals surface area contributed by atoms with Gasteiger partial charge in [-0.15, -0.1) is 11.3 Å². The number of methoxy groups -OCH3 is 1. The molecule has 2 amide bonds. The van der Waals surface area contributed by atoms with Crippen molar-refractivity contribution < 1.29 is 9.53 Å². The van der Waals surface area contributed by atoms with Gasteiger partial charge in [-0.05, 0) is 73.2 Å². The fourth-order valence-electron chi connectivity index (χ4n) is 5.59. The quantitative estimate of drug-likeness (QED) is 0.334. The lowest BCUT2D eigenvalue weighted by Crippen LogP contribution is -2.38. The lowest BCUT2D eigenvalue weighted by Gasteiger charge is -2.31. The summed E-state index contributed by atoms with van der Waals surface area (Å²) in [6, 6.07) is 20.0. The number of hydrogen-bond acceptors (Lipinski definition) is 4. The maximum absolute atomic E-state index is 14.1. The number of nitrogens with zero attached hydrogens (tertiary/aromatic N) is 3. The normalized spacial score (nSPS) is 16.3. The summed E-state index contributed by atoms with van der Waals surface area (Å²) in [5, 5.41) is 4.42. The van der Waals surface area contributed by atoms with Crippen LogP contribution in [-0.2, 0) is 19.4 Å². The second kappa shape index (κ2) is 9.63. The van der Waals surface area contributed by atoms with E-state index in [9.17, 15) is 4.79 Å². The van der Waals surface area contributed by atoms with E-state index in [0.717, 1.165) is 35.5 Å². The number of urea groups is 1. The van der Waals surface area contributed by atoms with Gasteiger partial charge >= 0.3 is 6.03 Å². The number of thiophene rings is 1. The van der Waals surface area contributed by atoms with Crippen molar-refractivity contribution in [1.29, 1.82) is 0 Å². The van der Waals surface area contributed by atoms with Crippen LogP contribution in [0.5, 0.6) is 5.75 Å². The van der Waals surface area contributed by atoms with E-state index < -0.39 is 0 Å². The van der Waals surface area contributed by atoms with E-state index in [1.165, 1.54) is 33.8 Å². The van der Waals surface area contributed by atoms with Gasteiger partial charge in [-0.1, -0.05) is 18.2 Å². The fourth-order valence-corrected chi connectivity index (χ4v) is 6.99. The Morgan fingerprint density at radius 1 is 1.03 bits per heavy atom. The molecule has 1 aliphatic carbocycles. The first-order valence-corrected chi connectivity index (χ1v) is 13.6. The molecule has 2 aromatic carbocycles. The maximum Gasteiger partial charge on any atom is 0.322 e. The Kier molecular flexibility index (Phi) is 6.16. The van der Waals surface area contributed by atoms with Gasteiger partial charge in [-0.3, -0.25) is 0 Å². The van der Waals surface area contributed by atoms with Crippen LogP contribution in [-0.4, -0.2) is 36.7 Å². The van der Waals surface area contributed by atoms with Crippen molar-refractivity contribution in [2.45, 2.75) is 38.3 Å². The number of fused-ring (bicyclic) bond motifs is 5. The molecular weight excluding hydrogens is 480 g/mol. The number of anilines is 2. The van der Waals surface area contributed by atoms with Gasteiger partial charge in [0.2, 0.25) is 0 Å². The predicted molar refractivity (Wildman–Crippen MR) is 150 cm³/mol. The van der Waals surface area contributed by atoms with Gasteiger partial charge < -0.3 is 24.4 Å². The van der Waals surface area contributed by atoms with E-state index in [4.69, 9.17) is 4.74 Å². The van der Waals surface area contributed by atoms with E-state index in [1.807, 2.05) is 54.6 Å². The monoisotopic (exact) mass is 512 g/mol. The van der Waals surface area contributed by atoms with Gasteiger partial charge in [0.15, 0.2) is 0 Å². The highest BCUT2D eigenvalue weighted by Crippen LogP contribution is 2.44. The SMILES string of the molecule is COc1cccc(NC(=O)N2Cc3c(sc4c3CCCC4)-n3cccc3C2c2ccc(N(C)C)cc2)c1. The van der Waals surface area contributed by atoms with Crippen molar-refractivity contribution in [1.82, 2.24) is 9.47 Å². The number of ether oxygens (including phenoxy) is 1. The fraction of sp³-hybridized carbons (Fsp3) is 0.300. The molecule has 0 bridgehead atoms. The summed E-state index contributed by atoms with van der Waals surface area (Å²) in [5.74, 6) is 0.715. The average Bonchev–Trinajstić information content (AvgIpc) is 3.50. The first-order valence-electron chi connectivity index (χ1n) is 12.8. The molecule has 1 N–H and O–H groups in total. The van der Waals surface area contributed by atoms with E-state index in [1.54, 1.807) is 7.11 Å². The summed E-state index contributed by atoms with van der Waals surface area (Å²) in [6.45, 7) is 0.568. The Bertz CT molecular complexity index is 1440. The number of carbonyl (C=O) groups is 1. The maximum atomic E-state index is 14.1. The molecule has 0 saturated carbocycles. The van der Waals surface area contributed by atoms with E-state index in [0.29, 0.717) is 12.3 Å². The highest BCUT2D eigenvalue weighted by molar-refractivity contribution is 7.15. The van der Waals surface area contributed by atoms with Gasteiger partial charge in [0.1, 0.15) is 10.8 Å². The first-order chi connectivity index (χ1) is 18.0. The minimum atomic E-state index is -0.226. The van der Waals surface area contributed by atoms with E-state index in [-0.39, 0.29) is 12.1 Å². The predicted octanol–water partition coefficient (Wildman–Crippen LogP) is 6.63. The van der Waals surface area contributed by atoms with Crippen LogP contribution in [0.3, 0.4) is 0 Å². The van der Waals surface area contributed by atoms with Crippen molar-refractivity contribution in [3.8, 4) is 10.8 Å². The molecular formula is C30H32N4O2S. The summed E-state index contributed by atoms with van der Waals surface area (Å²) in [4.78, 5) is 19.7. The summed E-state index contributed by atoms with van der Waals surface area (Å²) >= 11 is 1.91. The molecule has 6 rings (SSSR count). The summed E-state index contributed by atoms with van der Waals surface area (Å²) in [7, 11) is 5.72. The highest BCUT2D eigenvalue weighted by Gasteiger charge is 2.36. The third kappa shape index (κ3) is 4.27. The zero-order valence-electron chi connectivity index (χ0n) is 21.5. The molecule has 1 aliphatic heterocycles. The minimum Gasteiger partial charge on any atom is -0.497 e. The molecule has 1 unspecified atom stereocenters. The molecule has 7 heteroatoms. The van der Waals surface area contributed by atoms with Gasteiger partial charge in [-0.2, -0.15) is 0 Å². The van der Waals surface area contributed by atoms with Crippen LogP contribution in [0.25, 0.3) is 5.00 Å². The molecule has 0 saturated heterocycles. The molecule has 37 heavy (non-hydrogen) atoms. The van der Waals surface area contributed by atoms with Gasteiger partial charge in [0, 0.05) is 48.2 Å². The number of nitrogens with one attached hydrogen (secondary N) is 1. The molecule has 190 valence electrons. The number of benzene rings is 2. The third-order valence-corrected chi connectivity index (χ3v) is 8.82. The third-order valence-electron chi connectivity index (χ3n) is 7.49. The summed E-state index contributed by atoms with van der Waals surface area (Å²) < 4.78 is 7.71. The molecule has 4 aromatic rings. The lowest BCUT2D eigenvalue weighted by molar-refractivity contribution is 0.194. The number of aryl methyl sites for hydroxylation is 1. The van der Waals surface area contributed by atoms with Crippen molar-refractivity contribution >= 4 is 28.7 Å². The average molecular weight is 513 g/mol. The van der Waals surface area contributed by atoms with E-state index >= 15 is 0 Å². The van der Waals surface area contributed by atoms with Crippen molar-refractivity contribution in [2.75, 3.05) is 31.4 Å². The molecule has 0 spiro atoms. The van der Waals surface area contributed by atoms with Crippen LogP contribution in [0.2, 0.25) is 0 Å². The van der Waals surface area contributed by atoms with Crippen molar-refractivity contribution in [3.05, 3.63) is 94.1 Å². The van der Waals surface area contributed by atoms with Crippen LogP contribution >= 0.6 is 11.3 Å². The Morgan fingerprint density at radius 3 is 2.62 bits per heavy atom. The number of aromatic nitrogens is 1. The van der Waals surface area contributed by atoms with Crippen LogP contribution in [0.1, 0.15) is 46.1 Å². The number of carbonyl (C=O) groups excluding carboxylic acids is 1. The zero-order chi connectivity index (χ0) is 25.5. The second-order valence-electron chi connectivity index (χ2n) is 9.98. The Hall–Kier alpha value is -3.71. The Balaban J connectivity index is 1.47. The highest BCUT2D eigenvalue weighted by atomic mass is 32.1. The van der Waals surface area contributed by atoms with Crippen molar-refractivity contribution in [2.24, 2.45) is 0 Å². The molecule has 6 nitrogen and oxygen atoms in total. The zero-order valence-corrected chi connectivity index (χ0v) is 22.3. The van der Waals surface area contributed by atoms with Crippen LogP contribution in [0, 0.1) is 0 Å². The van der Waals surface area contributed by atoms with Gasteiger partial charge in [-0.25, -0.2) is 4.79 Å². The minimum absolute atomic E-state index is 0.119. The first kappa shape index (κ1) is 23.7. The number of hydrogen-bond donors (Lipinski definition) is 1. The van der Waals surface area contributed by atoms with Gasteiger partial charge in [0.25, 0.3) is 0 Å². The molecule has 0 radical (unpaired) electrons. The Labute approximate surface area is 222 Å². The number of rotatable bonds is 4. The van der Waals surface area contributed by atoms with E-state index in [2.05, 4.69) is 57.4 Å². The van der Waals surface area contributed by atoms with Crippen LogP contribution in [0.15, 0.2) is 66.9 Å². The molecule has 0 fully saturated rings.